The van der Waals surface area contributed by atoms with Gasteiger partial charge in [0.1, 0.15) is 0 Å². The van der Waals surface area contributed by atoms with Gasteiger partial charge in [0.15, 0.2) is 0 Å². The van der Waals surface area contributed by atoms with E-state index in [1.807, 2.05) is 0 Å². The Hall–Kier alpha value is -1.28. The first kappa shape index (κ1) is 14.3. The van der Waals surface area contributed by atoms with Gasteiger partial charge in [0, 0.05) is 22.6 Å². The van der Waals surface area contributed by atoms with Crippen LogP contribution in [0.2, 0.25) is 0 Å². The van der Waals surface area contributed by atoms with Crippen LogP contribution >= 0.6 is 0 Å². The number of para-hydroxylation sites is 1. The van der Waals surface area contributed by atoms with E-state index in [1.165, 1.54) is 74.6 Å². The molecular formula is C20H28N2. The molecule has 1 atom stereocenters. The molecule has 2 aromatic rings. The van der Waals surface area contributed by atoms with E-state index in [0.29, 0.717) is 6.04 Å². The van der Waals surface area contributed by atoms with E-state index in [4.69, 9.17) is 0 Å². The second-order valence-corrected chi connectivity index (χ2v) is 7.30. The summed E-state index contributed by atoms with van der Waals surface area (Å²) in [5.41, 5.74) is 4.31. The molecule has 2 nitrogen and oxygen atoms in total. The number of H-pyrrole nitrogens is 1. The van der Waals surface area contributed by atoms with Gasteiger partial charge in [-0.2, -0.15) is 0 Å². The summed E-state index contributed by atoms with van der Waals surface area (Å²) < 4.78 is 0. The zero-order valence-electron chi connectivity index (χ0n) is 13.8. The molecule has 1 N–H and O–H groups in total. The Morgan fingerprint density at radius 3 is 2.50 bits per heavy atom. The van der Waals surface area contributed by atoms with Crippen molar-refractivity contribution in [3.8, 4) is 0 Å². The van der Waals surface area contributed by atoms with Crippen LogP contribution in [0.25, 0.3) is 10.9 Å². The molecule has 1 aromatic carbocycles. The summed E-state index contributed by atoms with van der Waals surface area (Å²) in [5, 5.41) is 1.46. The fourth-order valence-corrected chi connectivity index (χ4v) is 4.87. The van der Waals surface area contributed by atoms with Gasteiger partial charge >= 0.3 is 0 Å². The van der Waals surface area contributed by atoms with Crippen LogP contribution in [-0.4, -0.2) is 23.0 Å². The highest BCUT2D eigenvalue weighted by molar-refractivity contribution is 5.85. The molecule has 2 aliphatic rings. The summed E-state index contributed by atoms with van der Waals surface area (Å²) >= 11 is 0. The highest BCUT2D eigenvalue weighted by atomic mass is 15.2. The molecule has 22 heavy (non-hydrogen) atoms. The van der Waals surface area contributed by atoms with Gasteiger partial charge in [-0.15, -0.1) is 0 Å². The van der Waals surface area contributed by atoms with Crippen molar-refractivity contribution in [3.05, 3.63) is 35.5 Å². The third kappa shape index (κ3) is 2.48. The monoisotopic (exact) mass is 296 g/mol. The molecule has 2 heterocycles. The van der Waals surface area contributed by atoms with Gasteiger partial charge in [-0.1, -0.05) is 37.5 Å². The van der Waals surface area contributed by atoms with Gasteiger partial charge in [0.05, 0.1) is 0 Å². The predicted octanol–water partition coefficient (Wildman–Crippen LogP) is 5.19. The molecule has 0 radical (unpaired) electrons. The smallest absolute Gasteiger partial charge is 0.0459 e. The molecule has 0 spiro atoms. The Morgan fingerprint density at radius 1 is 1.00 bits per heavy atom. The van der Waals surface area contributed by atoms with Gasteiger partial charge in [0.25, 0.3) is 0 Å². The molecule has 2 heteroatoms. The number of fused-ring (bicyclic) bond motifs is 1. The molecule has 1 saturated heterocycles. The average Bonchev–Trinajstić information content (AvgIpc) is 3.18. The molecule has 1 aliphatic carbocycles. The van der Waals surface area contributed by atoms with Crippen molar-refractivity contribution in [2.45, 2.75) is 57.9 Å². The number of aromatic nitrogens is 1. The lowest BCUT2D eigenvalue weighted by Crippen LogP contribution is -2.33. The highest BCUT2D eigenvalue weighted by Crippen LogP contribution is 2.43. The summed E-state index contributed by atoms with van der Waals surface area (Å²) in [6.45, 7) is 4.86. The van der Waals surface area contributed by atoms with E-state index in [1.54, 1.807) is 5.56 Å². The molecule has 0 bridgehead atoms. The lowest BCUT2D eigenvalue weighted by Gasteiger charge is -2.37. The van der Waals surface area contributed by atoms with Gasteiger partial charge in [-0.25, -0.2) is 0 Å². The van der Waals surface area contributed by atoms with Crippen LogP contribution in [0.4, 0.5) is 0 Å². The summed E-state index contributed by atoms with van der Waals surface area (Å²) in [5.74, 6) is 0.852. The minimum atomic E-state index is 0.638. The lowest BCUT2D eigenvalue weighted by atomic mass is 9.79. The van der Waals surface area contributed by atoms with Gasteiger partial charge in [0.2, 0.25) is 0 Å². The Kier molecular flexibility index (Phi) is 3.96. The number of rotatable bonds is 3. The molecule has 2 fully saturated rings. The molecule has 1 saturated carbocycles. The standard InChI is InChI=1S/C20H28N2/c1-15-19(17-11-5-6-12-18(17)21-15)20(22-13-7-8-14-22)16-9-3-2-4-10-16/h5-6,11-12,16,20-21H,2-4,7-10,13-14H2,1H3. The van der Waals surface area contributed by atoms with Gasteiger partial charge in [-0.05, 0) is 63.2 Å². The van der Waals surface area contributed by atoms with Crippen LogP contribution in [0, 0.1) is 12.8 Å². The maximum atomic E-state index is 3.64. The van der Waals surface area contributed by atoms with E-state index < -0.39 is 0 Å². The van der Waals surface area contributed by atoms with E-state index in [-0.39, 0.29) is 0 Å². The summed E-state index contributed by atoms with van der Waals surface area (Å²) in [6, 6.07) is 9.53. The normalized spacial score (nSPS) is 22.4. The fraction of sp³-hybridized carbons (Fsp3) is 0.600. The summed E-state index contributed by atoms with van der Waals surface area (Å²) in [4.78, 5) is 6.43. The quantitative estimate of drug-likeness (QED) is 0.825. The Bertz CT molecular complexity index is 630. The first-order valence-corrected chi connectivity index (χ1v) is 9.16. The van der Waals surface area contributed by atoms with Crippen molar-refractivity contribution < 1.29 is 0 Å². The molecule has 1 unspecified atom stereocenters. The molecular weight excluding hydrogens is 268 g/mol. The van der Waals surface area contributed by atoms with Crippen LogP contribution in [0.3, 0.4) is 0 Å². The summed E-state index contributed by atoms with van der Waals surface area (Å²) in [6.07, 6.45) is 9.89. The second kappa shape index (κ2) is 6.08. The number of aryl methyl sites for hydroxylation is 1. The maximum Gasteiger partial charge on any atom is 0.0459 e. The minimum absolute atomic E-state index is 0.638. The number of hydrogen-bond donors (Lipinski definition) is 1. The SMILES string of the molecule is Cc1[nH]c2ccccc2c1C(C1CCCCC1)N1CCCC1. The third-order valence-electron chi connectivity index (χ3n) is 5.87. The van der Waals surface area contributed by atoms with Crippen LogP contribution in [0.5, 0.6) is 0 Å². The third-order valence-corrected chi connectivity index (χ3v) is 5.87. The van der Waals surface area contributed by atoms with E-state index >= 15 is 0 Å². The highest BCUT2D eigenvalue weighted by Gasteiger charge is 2.34. The first-order valence-electron chi connectivity index (χ1n) is 9.16. The number of likely N-dealkylation sites (tertiary alicyclic amines) is 1. The van der Waals surface area contributed by atoms with Crippen LogP contribution in [0.15, 0.2) is 24.3 Å². The van der Waals surface area contributed by atoms with E-state index in [0.717, 1.165) is 5.92 Å². The second-order valence-electron chi connectivity index (χ2n) is 7.30. The molecule has 1 aliphatic heterocycles. The number of hydrogen-bond acceptors (Lipinski definition) is 1. The fourth-order valence-electron chi connectivity index (χ4n) is 4.87. The molecule has 118 valence electrons. The van der Waals surface area contributed by atoms with Crippen LogP contribution < -0.4 is 0 Å². The molecule has 4 rings (SSSR count). The van der Waals surface area contributed by atoms with Crippen molar-refractivity contribution in [1.29, 1.82) is 0 Å². The predicted molar refractivity (Wildman–Crippen MR) is 93.2 cm³/mol. The van der Waals surface area contributed by atoms with Gasteiger partial charge < -0.3 is 4.98 Å². The van der Waals surface area contributed by atoms with Crippen LogP contribution in [-0.2, 0) is 0 Å². The molecule has 1 aromatic heterocycles. The van der Waals surface area contributed by atoms with Crippen molar-refractivity contribution in [1.82, 2.24) is 9.88 Å². The number of nitrogens with one attached hydrogen (secondary N) is 1. The number of benzene rings is 1. The Labute approximate surface area is 133 Å². The largest absolute Gasteiger partial charge is 0.358 e. The van der Waals surface area contributed by atoms with Crippen molar-refractivity contribution in [2.75, 3.05) is 13.1 Å². The Morgan fingerprint density at radius 2 is 1.73 bits per heavy atom. The van der Waals surface area contributed by atoms with Crippen molar-refractivity contribution in [2.24, 2.45) is 5.92 Å². The minimum Gasteiger partial charge on any atom is -0.358 e. The number of nitrogens with zero attached hydrogens (tertiary/aromatic N) is 1. The molecule has 0 amide bonds. The van der Waals surface area contributed by atoms with Crippen molar-refractivity contribution >= 4 is 10.9 Å². The maximum absolute atomic E-state index is 3.64. The topological polar surface area (TPSA) is 19.0 Å². The van der Waals surface area contributed by atoms with Crippen molar-refractivity contribution in [3.63, 3.8) is 0 Å². The summed E-state index contributed by atoms with van der Waals surface area (Å²) in [7, 11) is 0. The first-order chi connectivity index (χ1) is 10.8. The zero-order valence-corrected chi connectivity index (χ0v) is 13.8. The van der Waals surface area contributed by atoms with Crippen LogP contribution in [0.1, 0.15) is 62.2 Å². The zero-order chi connectivity index (χ0) is 14.9. The van der Waals surface area contributed by atoms with Gasteiger partial charge in [-0.3, -0.25) is 4.90 Å². The van der Waals surface area contributed by atoms with E-state index in [2.05, 4.69) is 41.1 Å². The Balaban J connectivity index is 1.79. The number of aromatic amines is 1. The lowest BCUT2D eigenvalue weighted by molar-refractivity contribution is 0.144. The average molecular weight is 296 g/mol. The van der Waals surface area contributed by atoms with E-state index in [9.17, 15) is 0 Å².